The van der Waals surface area contributed by atoms with E-state index in [1.165, 1.54) is 0 Å². The van der Waals surface area contributed by atoms with Crippen molar-refractivity contribution in [1.29, 1.82) is 0 Å². The summed E-state index contributed by atoms with van der Waals surface area (Å²) in [5.74, 6) is -1.75. The topological polar surface area (TPSA) is 115 Å². The predicted octanol–water partition coefficient (Wildman–Crippen LogP) is 7.70. The number of rotatable bonds is 8. The molecule has 2 aromatic carbocycles. The monoisotopic (exact) mass is 544 g/mol. The van der Waals surface area contributed by atoms with Gasteiger partial charge in [0, 0.05) is 5.41 Å². The fraction of sp³-hybridized carbons (Fsp3) is 0.576. The summed E-state index contributed by atoms with van der Waals surface area (Å²) in [6.45, 7) is 20.6. The Morgan fingerprint density at radius 3 is 1.08 bits per heavy atom. The van der Waals surface area contributed by atoms with Gasteiger partial charge in [-0.05, 0) is 65.5 Å². The Bertz CT molecular complexity index is 917. The second-order valence-corrected chi connectivity index (χ2v) is 12.4. The Hall–Kier alpha value is -2.70. The van der Waals surface area contributed by atoms with Crippen molar-refractivity contribution in [2.45, 2.75) is 118 Å². The quantitative estimate of drug-likeness (QED) is 0.271. The van der Waals surface area contributed by atoms with E-state index >= 15 is 0 Å². The van der Waals surface area contributed by atoms with E-state index < -0.39 is 11.9 Å². The van der Waals surface area contributed by atoms with Gasteiger partial charge in [0.25, 0.3) is 0 Å². The highest BCUT2D eigenvalue weighted by molar-refractivity contribution is 5.88. The molecule has 6 heteroatoms. The van der Waals surface area contributed by atoms with Crippen molar-refractivity contribution < 1.29 is 30.0 Å². The molecule has 0 spiro atoms. The highest BCUT2D eigenvalue weighted by atomic mass is 16.4. The van der Waals surface area contributed by atoms with Crippen LogP contribution in [0.15, 0.2) is 48.5 Å². The largest absolute Gasteiger partial charge is 0.478 e. The molecule has 2 atom stereocenters. The first-order chi connectivity index (χ1) is 17.8. The number of hydrogen-bond donors (Lipinski definition) is 4. The van der Waals surface area contributed by atoms with Crippen molar-refractivity contribution in [2.75, 3.05) is 0 Å². The van der Waals surface area contributed by atoms with Crippen molar-refractivity contribution in [3.05, 3.63) is 70.8 Å². The SMILES string of the molecule is CC(C)(C)c1ccc(C(=O)O)cc1.CC(C)(C)c1ccc(C(=O)O)cc1.CCCC(C)(C(O)CC)C(O)CC. The zero-order valence-corrected chi connectivity index (χ0v) is 25.7. The van der Waals surface area contributed by atoms with E-state index in [2.05, 4.69) is 48.5 Å². The lowest BCUT2D eigenvalue weighted by Crippen LogP contribution is -2.42. The number of aliphatic hydroxyl groups excluding tert-OH is 2. The number of benzene rings is 2. The first-order valence-corrected chi connectivity index (χ1v) is 13.9. The number of aromatic carboxylic acids is 2. The van der Waals surface area contributed by atoms with Gasteiger partial charge < -0.3 is 20.4 Å². The maximum Gasteiger partial charge on any atom is 0.335 e. The van der Waals surface area contributed by atoms with Crippen molar-refractivity contribution in [3.63, 3.8) is 0 Å². The van der Waals surface area contributed by atoms with Gasteiger partial charge in [-0.15, -0.1) is 0 Å². The second-order valence-electron chi connectivity index (χ2n) is 12.4. The summed E-state index contributed by atoms with van der Waals surface area (Å²) < 4.78 is 0. The molecule has 0 bridgehead atoms. The van der Waals surface area contributed by atoms with Crippen LogP contribution >= 0.6 is 0 Å². The summed E-state index contributed by atoms with van der Waals surface area (Å²) in [5, 5.41) is 37.1. The molecule has 0 heterocycles. The smallest absolute Gasteiger partial charge is 0.335 e. The molecular weight excluding hydrogens is 492 g/mol. The third-order valence-corrected chi connectivity index (χ3v) is 7.08. The molecule has 0 radical (unpaired) electrons. The lowest BCUT2D eigenvalue weighted by atomic mass is 9.73. The lowest BCUT2D eigenvalue weighted by molar-refractivity contribution is -0.0671. The highest BCUT2D eigenvalue weighted by Crippen LogP contribution is 2.34. The predicted molar refractivity (Wildman–Crippen MR) is 160 cm³/mol. The van der Waals surface area contributed by atoms with Crippen LogP contribution in [0.4, 0.5) is 0 Å². The van der Waals surface area contributed by atoms with Crippen LogP contribution in [0.2, 0.25) is 0 Å². The van der Waals surface area contributed by atoms with Gasteiger partial charge in [0.2, 0.25) is 0 Å². The molecule has 6 nitrogen and oxygen atoms in total. The minimum Gasteiger partial charge on any atom is -0.478 e. The van der Waals surface area contributed by atoms with E-state index in [4.69, 9.17) is 10.2 Å². The molecule has 0 fully saturated rings. The van der Waals surface area contributed by atoms with Gasteiger partial charge in [0.05, 0.1) is 23.3 Å². The number of aliphatic hydroxyl groups is 2. The Kier molecular flexibility index (Phi) is 14.7. The standard InChI is InChI=1S/2C11H14O2.C11H24O2/c2*1-11(2,3)9-6-4-8(5-7-9)10(12)13;1-5-8-11(4,9(12)6-2)10(13)7-3/h2*4-7H,1-3H3,(H,12,13);9-10,12-13H,5-8H2,1-4H3. The van der Waals surface area contributed by atoms with Crippen LogP contribution in [-0.2, 0) is 10.8 Å². The summed E-state index contributed by atoms with van der Waals surface area (Å²) >= 11 is 0. The molecule has 220 valence electrons. The summed E-state index contributed by atoms with van der Waals surface area (Å²) in [6, 6.07) is 14.0. The molecule has 0 aliphatic carbocycles. The minimum atomic E-state index is -0.875. The minimum absolute atomic E-state index is 0.0804. The average molecular weight is 545 g/mol. The van der Waals surface area contributed by atoms with Crippen LogP contribution in [0.25, 0.3) is 0 Å². The Balaban J connectivity index is 0.000000555. The first kappa shape index (κ1) is 36.3. The van der Waals surface area contributed by atoms with Gasteiger partial charge in [-0.25, -0.2) is 9.59 Å². The van der Waals surface area contributed by atoms with Gasteiger partial charge in [-0.1, -0.05) is 99.9 Å². The Labute approximate surface area is 236 Å². The average Bonchev–Trinajstić information content (AvgIpc) is 2.87. The van der Waals surface area contributed by atoms with E-state index in [9.17, 15) is 19.8 Å². The Morgan fingerprint density at radius 2 is 0.897 bits per heavy atom. The summed E-state index contributed by atoms with van der Waals surface area (Å²) in [7, 11) is 0. The van der Waals surface area contributed by atoms with Gasteiger partial charge in [-0.2, -0.15) is 0 Å². The van der Waals surface area contributed by atoms with Crippen molar-refractivity contribution in [3.8, 4) is 0 Å². The molecule has 2 rings (SSSR count). The zero-order chi connectivity index (χ0) is 30.6. The summed E-state index contributed by atoms with van der Waals surface area (Å²) in [6.07, 6.45) is 2.55. The maximum absolute atomic E-state index is 10.6. The molecule has 0 amide bonds. The van der Waals surface area contributed by atoms with Gasteiger partial charge >= 0.3 is 11.9 Å². The molecule has 0 saturated carbocycles. The fourth-order valence-corrected chi connectivity index (χ4v) is 4.25. The van der Waals surface area contributed by atoms with E-state index in [1.54, 1.807) is 24.3 Å². The van der Waals surface area contributed by atoms with Crippen molar-refractivity contribution >= 4 is 11.9 Å². The Morgan fingerprint density at radius 1 is 0.615 bits per heavy atom. The van der Waals surface area contributed by atoms with E-state index in [-0.39, 0.29) is 28.5 Å². The first-order valence-electron chi connectivity index (χ1n) is 13.9. The molecule has 2 unspecified atom stereocenters. The molecule has 0 aliphatic rings. The van der Waals surface area contributed by atoms with Gasteiger partial charge in [-0.3, -0.25) is 0 Å². The molecular formula is C33H52O6. The third-order valence-electron chi connectivity index (χ3n) is 7.08. The van der Waals surface area contributed by atoms with Gasteiger partial charge in [0.1, 0.15) is 0 Å². The lowest BCUT2D eigenvalue weighted by Gasteiger charge is -2.38. The fourth-order valence-electron chi connectivity index (χ4n) is 4.25. The molecule has 0 saturated heterocycles. The van der Waals surface area contributed by atoms with Gasteiger partial charge in [0.15, 0.2) is 0 Å². The normalized spacial score (nSPS) is 14.5. The van der Waals surface area contributed by atoms with Crippen LogP contribution in [0.5, 0.6) is 0 Å². The number of carbonyl (C=O) groups is 2. The van der Waals surface area contributed by atoms with Crippen LogP contribution in [0.3, 0.4) is 0 Å². The number of hydrogen-bond acceptors (Lipinski definition) is 4. The van der Waals surface area contributed by atoms with E-state index in [1.807, 2.05) is 45.0 Å². The molecule has 0 aromatic heterocycles. The van der Waals surface area contributed by atoms with Crippen LogP contribution in [0.1, 0.15) is 127 Å². The molecule has 0 aliphatic heterocycles. The molecule has 4 N–H and O–H groups in total. The molecule has 2 aromatic rings. The van der Waals surface area contributed by atoms with Crippen LogP contribution in [-0.4, -0.2) is 44.6 Å². The van der Waals surface area contributed by atoms with Crippen molar-refractivity contribution in [1.82, 2.24) is 0 Å². The molecule has 39 heavy (non-hydrogen) atoms. The zero-order valence-electron chi connectivity index (χ0n) is 25.7. The number of carboxylic acid groups (broad SMARTS) is 2. The summed E-state index contributed by atoms with van der Waals surface area (Å²) in [5.41, 5.74) is 2.82. The third kappa shape index (κ3) is 11.9. The second kappa shape index (κ2) is 15.8. The van der Waals surface area contributed by atoms with E-state index in [0.29, 0.717) is 24.0 Å². The van der Waals surface area contributed by atoms with Crippen molar-refractivity contribution in [2.24, 2.45) is 5.41 Å². The van der Waals surface area contributed by atoms with Crippen LogP contribution < -0.4 is 0 Å². The summed E-state index contributed by atoms with van der Waals surface area (Å²) in [4.78, 5) is 21.1. The maximum atomic E-state index is 10.6. The highest BCUT2D eigenvalue weighted by Gasteiger charge is 2.37. The number of carboxylic acids is 2. The van der Waals surface area contributed by atoms with Crippen LogP contribution in [0, 0.1) is 5.41 Å². The van der Waals surface area contributed by atoms with E-state index in [0.717, 1.165) is 24.0 Å².